The summed E-state index contributed by atoms with van der Waals surface area (Å²) in [5, 5.41) is 12.6. The number of hydrogen-bond acceptors (Lipinski definition) is 6. The molecule has 0 atom stereocenters. The Kier molecular flexibility index (Phi) is 5.36. The molecule has 0 aliphatic heterocycles. The van der Waals surface area contributed by atoms with E-state index in [0.29, 0.717) is 32.9 Å². The minimum atomic E-state index is 0.182. The van der Waals surface area contributed by atoms with Crippen LogP contribution in [0.15, 0.2) is 46.8 Å². The fraction of sp³-hybridized carbons (Fsp3) is 0.118. The molecule has 0 aliphatic carbocycles. The van der Waals surface area contributed by atoms with Crippen molar-refractivity contribution in [2.75, 3.05) is 6.26 Å². The van der Waals surface area contributed by atoms with Crippen LogP contribution in [0.25, 0.3) is 10.6 Å². The van der Waals surface area contributed by atoms with Crippen molar-refractivity contribution in [2.24, 2.45) is 0 Å². The molecular formula is C17H12ClN3OS2. The summed E-state index contributed by atoms with van der Waals surface area (Å²) in [4.78, 5) is 9.91. The van der Waals surface area contributed by atoms with Gasteiger partial charge in [-0.2, -0.15) is 5.26 Å². The van der Waals surface area contributed by atoms with Gasteiger partial charge in [-0.15, -0.1) is 23.1 Å². The molecule has 4 nitrogen and oxygen atoms in total. The van der Waals surface area contributed by atoms with Crippen molar-refractivity contribution < 1.29 is 4.74 Å². The molecule has 0 aliphatic rings. The first kappa shape index (κ1) is 16.8. The number of thioether (sulfide) groups is 1. The average Bonchev–Trinajstić information content (AvgIpc) is 3.14. The van der Waals surface area contributed by atoms with E-state index in [2.05, 4.69) is 16.0 Å². The Bertz CT molecular complexity index is 891. The quantitative estimate of drug-likeness (QED) is 0.463. The summed E-state index contributed by atoms with van der Waals surface area (Å²) in [5.41, 5.74) is 1.14. The van der Waals surface area contributed by atoms with Crippen LogP contribution in [0.5, 0.6) is 5.75 Å². The highest BCUT2D eigenvalue weighted by molar-refractivity contribution is 7.98. The van der Waals surface area contributed by atoms with E-state index in [1.807, 2.05) is 35.9 Å². The number of para-hydroxylation sites is 1. The van der Waals surface area contributed by atoms with Gasteiger partial charge in [-0.3, -0.25) is 0 Å². The summed E-state index contributed by atoms with van der Waals surface area (Å²) in [7, 11) is 0. The fourth-order valence-corrected chi connectivity index (χ4v) is 3.55. The summed E-state index contributed by atoms with van der Waals surface area (Å²) < 4.78 is 5.72. The zero-order valence-electron chi connectivity index (χ0n) is 12.7. The van der Waals surface area contributed by atoms with Crippen LogP contribution in [0.2, 0.25) is 5.02 Å². The second kappa shape index (κ2) is 7.67. The third-order valence-electron chi connectivity index (χ3n) is 3.18. The van der Waals surface area contributed by atoms with Gasteiger partial charge in [-0.05, 0) is 29.8 Å². The van der Waals surface area contributed by atoms with E-state index in [4.69, 9.17) is 16.3 Å². The molecule has 1 aromatic carbocycles. The number of halogens is 1. The van der Waals surface area contributed by atoms with E-state index < -0.39 is 0 Å². The Labute approximate surface area is 153 Å². The van der Waals surface area contributed by atoms with E-state index in [0.717, 1.165) is 4.88 Å². The fourth-order valence-electron chi connectivity index (χ4n) is 2.09. The minimum Gasteiger partial charge on any atom is -0.484 e. The van der Waals surface area contributed by atoms with E-state index in [9.17, 15) is 5.26 Å². The van der Waals surface area contributed by atoms with Gasteiger partial charge in [0.15, 0.2) is 5.82 Å². The van der Waals surface area contributed by atoms with E-state index >= 15 is 0 Å². The van der Waals surface area contributed by atoms with Crippen LogP contribution in [-0.2, 0) is 6.61 Å². The number of ether oxygens (including phenoxy) is 1. The zero-order chi connectivity index (χ0) is 16.9. The smallest absolute Gasteiger partial charge is 0.167 e. The van der Waals surface area contributed by atoms with Gasteiger partial charge in [0.05, 0.1) is 9.90 Å². The number of hydrogen-bond donors (Lipinski definition) is 0. The van der Waals surface area contributed by atoms with Crippen molar-refractivity contribution >= 4 is 34.7 Å². The summed E-state index contributed by atoms with van der Waals surface area (Å²) in [5.74, 6) is 1.09. The lowest BCUT2D eigenvalue weighted by atomic mass is 10.2. The second-order valence-corrected chi connectivity index (χ2v) is 6.83. The summed E-state index contributed by atoms with van der Waals surface area (Å²) in [6.07, 6.45) is 1.89. The van der Waals surface area contributed by atoms with Gasteiger partial charge in [-0.1, -0.05) is 29.8 Å². The Balaban J connectivity index is 1.96. The summed E-state index contributed by atoms with van der Waals surface area (Å²) >= 11 is 9.06. The van der Waals surface area contributed by atoms with Crippen molar-refractivity contribution in [3.05, 3.63) is 58.2 Å². The number of nitrogens with zero attached hydrogens (tertiary/aromatic N) is 3. The Hall–Kier alpha value is -2.07. The predicted octanol–water partition coefficient (Wildman–Crippen LogP) is 5.03. The Morgan fingerprint density at radius 3 is 2.75 bits per heavy atom. The maximum Gasteiger partial charge on any atom is 0.167 e. The van der Waals surface area contributed by atoms with Gasteiger partial charge in [0.25, 0.3) is 0 Å². The first-order chi connectivity index (χ1) is 11.7. The van der Waals surface area contributed by atoms with Crippen LogP contribution < -0.4 is 4.74 Å². The molecule has 0 saturated heterocycles. The molecule has 0 unspecified atom stereocenters. The first-order valence-electron chi connectivity index (χ1n) is 6.99. The number of aromatic nitrogens is 2. The minimum absolute atomic E-state index is 0.182. The lowest BCUT2D eigenvalue weighted by Gasteiger charge is -2.10. The van der Waals surface area contributed by atoms with Crippen LogP contribution in [0.1, 0.15) is 11.4 Å². The molecule has 0 bridgehead atoms. The van der Waals surface area contributed by atoms with Crippen LogP contribution in [0, 0.1) is 11.3 Å². The van der Waals surface area contributed by atoms with Gasteiger partial charge in [0.2, 0.25) is 0 Å². The molecule has 0 radical (unpaired) electrons. The van der Waals surface area contributed by atoms with Gasteiger partial charge in [-0.25, -0.2) is 9.97 Å². The van der Waals surface area contributed by atoms with Crippen molar-refractivity contribution in [1.82, 2.24) is 9.97 Å². The third-order valence-corrected chi connectivity index (χ3v) is 5.05. The predicted molar refractivity (Wildman–Crippen MR) is 97.6 cm³/mol. The largest absolute Gasteiger partial charge is 0.484 e. The maximum atomic E-state index is 9.48. The molecule has 7 heteroatoms. The molecule has 0 spiro atoms. The first-order valence-corrected chi connectivity index (χ1v) is 9.47. The molecule has 0 amide bonds. The molecule has 3 rings (SSSR count). The molecule has 0 N–H and O–H groups in total. The van der Waals surface area contributed by atoms with Gasteiger partial charge in [0, 0.05) is 0 Å². The van der Waals surface area contributed by atoms with E-state index in [-0.39, 0.29) is 6.61 Å². The summed E-state index contributed by atoms with van der Waals surface area (Å²) in [6.45, 7) is 0.182. The highest BCUT2D eigenvalue weighted by atomic mass is 35.5. The molecule has 120 valence electrons. The van der Waals surface area contributed by atoms with Crippen LogP contribution in [0.4, 0.5) is 0 Å². The number of nitriles is 1. The standard InChI is InChI=1S/C17H12ClN3OS2/c1-23-17-11(9-19)16(14-7-4-8-24-14)20-15(21-17)10-22-13-6-3-2-5-12(13)18/h2-8H,10H2,1H3. The van der Waals surface area contributed by atoms with E-state index in [1.54, 1.807) is 12.1 Å². The number of rotatable bonds is 5. The van der Waals surface area contributed by atoms with Gasteiger partial charge >= 0.3 is 0 Å². The monoisotopic (exact) mass is 373 g/mol. The van der Waals surface area contributed by atoms with Gasteiger partial charge < -0.3 is 4.74 Å². The van der Waals surface area contributed by atoms with Crippen LogP contribution in [0.3, 0.4) is 0 Å². The normalized spacial score (nSPS) is 10.4. The Morgan fingerprint density at radius 1 is 1.25 bits per heavy atom. The molecular weight excluding hydrogens is 362 g/mol. The molecule has 3 aromatic rings. The molecule has 24 heavy (non-hydrogen) atoms. The lowest BCUT2D eigenvalue weighted by Crippen LogP contribution is -2.06. The highest BCUT2D eigenvalue weighted by Gasteiger charge is 2.16. The Morgan fingerprint density at radius 2 is 2.08 bits per heavy atom. The molecule has 0 saturated carbocycles. The number of benzene rings is 1. The van der Waals surface area contributed by atoms with Crippen molar-refractivity contribution in [2.45, 2.75) is 11.6 Å². The van der Waals surface area contributed by atoms with Crippen molar-refractivity contribution in [1.29, 1.82) is 5.26 Å². The highest BCUT2D eigenvalue weighted by Crippen LogP contribution is 2.31. The maximum absolute atomic E-state index is 9.48. The van der Waals surface area contributed by atoms with Gasteiger partial charge in [0.1, 0.15) is 34.7 Å². The van der Waals surface area contributed by atoms with Crippen LogP contribution >= 0.6 is 34.7 Å². The zero-order valence-corrected chi connectivity index (χ0v) is 15.1. The van der Waals surface area contributed by atoms with Crippen LogP contribution in [-0.4, -0.2) is 16.2 Å². The SMILES string of the molecule is CSc1nc(COc2ccccc2Cl)nc(-c2cccs2)c1C#N. The average molecular weight is 374 g/mol. The van der Waals surface area contributed by atoms with E-state index in [1.165, 1.54) is 23.1 Å². The summed E-state index contributed by atoms with van der Waals surface area (Å²) in [6, 6.07) is 13.3. The molecule has 2 heterocycles. The molecule has 0 fully saturated rings. The molecule has 2 aromatic heterocycles. The van der Waals surface area contributed by atoms with Crippen molar-refractivity contribution in [3.8, 4) is 22.4 Å². The second-order valence-electron chi connectivity index (χ2n) is 4.68. The third kappa shape index (κ3) is 3.54. The lowest BCUT2D eigenvalue weighted by molar-refractivity contribution is 0.295. The topological polar surface area (TPSA) is 58.8 Å². The van der Waals surface area contributed by atoms with Crippen molar-refractivity contribution in [3.63, 3.8) is 0 Å². The number of thiophene rings is 1.